The monoisotopic (exact) mass is 338 g/mol. The van der Waals surface area contributed by atoms with Crippen molar-refractivity contribution in [3.05, 3.63) is 48.0 Å². The Balaban J connectivity index is 2.16. The van der Waals surface area contributed by atoms with Crippen LogP contribution in [-0.2, 0) is 23.8 Å². The zero-order chi connectivity index (χ0) is 18.0. The molecule has 1 aliphatic heterocycles. The molecule has 2 aromatic carbocycles. The molecular formula is C20H18O5. The van der Waals surface area contributed by atoms with Crippen LogP contribution in [0.15, 0.2) is 42.5 Å². The molecule has 3 rings (SSSR count). The summed E-state index contributed by atoms with van der Waals surface area (Å²) in [6, 6.07) is 13.4. The summed E-state index contributed by atoms with van der Waals surface area (Å²) in [5.74, 6) is 1.05. The van der Waals surface area contributed by atoms with Crippen LogP contribution in [0.2, 0.25) is 0 Å². The maximum absolute atomic E-state index is 12.6. The van der Waals surface area contributed by atoms with E-state index >= 15 is 0 Å². The van der Waals surface area contributed by atoms with E-state index in [9.17, 15) is 9.59 Å². The zero-order valence-corrected chi connectivity index (χ0v) is 14.0. The van der Waals surface area contributed by atoms with Gasteiger partial charge in [0, 0.05) is 6.42 Å². The molecule has 0 aromatic heterocycles. The predicted octanol–water partition coefficient (Wildman–Crippen LogP) is 2.64. The fraction of sp³-hybridized carbons (Fsp3) is 0.300. The van der Waals surface area contributed by atoms with Crippen LogP contribution in [-0.4, -0.2) is 32.3 Å². The second-order valence-corrected chi connectivity index (χ2v) is 5.94. The third-order valence-corrected chi connectivity index (χ3v) is 4.62. The van der Waals surface area contributed by atoms with Crippen LogP contribution < -0.4 is 0 Å². The van der Waals surface area contributed by atoms with Gasteiger partial charge in [-0.25, -0.2) is 0 Å². The average Bonchev–Trinajstić information content (AvgIpc) is 3.07. The van der Waals surface area contributed by atoms with Gasteiger partial charge in [-0.05, 0) is 22.4 Å². The molecule has 0 aliphatic carbocycles. The molecule has 0 spiro atoms. The third-order valence-electron chi connectivity index (χ3n) is 4.62. The minimum absolute atomic E-state index is 0.0142. The molecule has 0 unspecified atom stereocenters. The lowest BCUT2D eigenvalue weighted by Gasteiger charge is -2.28. The average molecular weight is 338 g/mol. The summed E-state index contributed by atoms with van der Waals surface area (Å²) in [7, 11) is 2.46. The van der Waals surface area contributed by atoms with Crippen molar-refractivity contribution in [3.8, 4) is 12.3 Å². The van der Waals surface area contributed by atoms with Crippen molar-refractivity contribution < 1.29 is 23.8 Å². The summed E-state index contributed by atoms with van der Waals surface area (Å²) in [5.41, 5.74) is -0.949. The van der Waals surface area contributed by atoms with E-state index in [1.807, 2.05) is 42.5 Å². The Morgan fingerprint density at radius 3 is 2.36 bits per heavy atom. The van der Waals surface area contributed by atoms with Crippen LogP contribution in [0, 0.1) is 17.8 Å². The number of ether oxygens (including phenoxy) is 3. The summed E-state index contributed by atoms with van der Waals surface area (Å²) < 4.78 is 15.7. The number of carbonyl (C=O) groups excluding carboxylic acids is 2. The van der Waals surface area contributed by atoms with E-state index in [0.717, 1.165) is 10.8 Å². The van der Waals surface area contributed by atoms with Gasteiger partial charge in [0.15, 0.2) is 5.41 Å². The van der Waals surface area contributed by atoms with Crippen molar-refractivity contribution in [1.82, 2.24) is 0 Å². The fourth-order valence-corrected chi connectivity index (χ4v) is 3.39. The number of terminal acetylenes is 1. The zero-order valence-electron chi connectivity index (χ0n) is 14.0. The van der Waals surface area contributed by atoms with Crippen molar-refractivity contribution in [3.63, 3.8) is 0 Å². The van der Waals surface area contributed by atoms with Gasteiger partial charge in [-0.3, -0.25) is 9.59 Å². The first kappa shape index (κ1) is 17.0. The molecule has 5 heteroatoms. The van der Waals surface area contributed by atoms with E-state index in [-0.39, 0.29) is 6.42 Å². The molecule has 128 valence electrons. The fourth-order valence-electron chi connectivity index (χ4n) is 3.39. The van der Waals surface area contributed by atoms with E-state index in [0.29, 0.717) is 5.56 Å². The molecule has 0 radical (unpaired) electrons. The SMILES string of the molecule is C#C[C@H]1CC(C(=O)OC)(C(=O)OC)[C@H](c2ccc3ccccc3c2)O1. The Morgan fingerprint density at radius 2 is 1.76 bits per heavy atom. The molecule has 0 saturated carbocycles. The lowest BCUT2D eigenvalue weighted by molar-refractivity contribution is -0.173. The summed E-state index contributed by atoms with van der Waals surface area (Å²) >= 11 is 0. The summed E-state index contributed by atoms with van der Waals surface area (Å²) in [6.07, 6.45) is 3.94. The Hall–Kier alpha value is -2.84. The molecule has 1 aliphatic rings. The Labute approximate surface area is 145 Å². The first-order valence-electron chi connectivity index (χ1n) is 7.84. The van der Waals surface area contributed by atoms with Crippen molar-refractivity contribution in [2.45, 2.75) is 18.6 Å². The van der Waals surface area contributed by atoms with Gasteiger partial charge in [-0.15, -0.1) is 6.42 Å². The highest BCUT2D eigenvalue weighted by Gasteiger charge is 2.61. The molecular weight excluding hydrogens is 320 g/mol. The number of fused-ring (bicyclic) bond motifs is 1. The Morgan fingerprint density at radius 1 is 1.12 bits per heavy atom. The van der Waals surface area contributed by atoms with Crippen LogP contribution >= 0.6 is 0 Å². The van der Waals surface area contributed by atoms with Crippen molar-refractivity contribution in [2.24, 2.45) is 5.41 Å². The van der Waals surface area contributed by atoms with Crippen LogP contribution in [0.5, 0.6) is 0 Å². The number of hydrogen-bond donors (Lipinski definition) is 0. The number of carbonyl (C=O) groups is 2. The minimum atomic E-state index is -1.62. The molecule has 1 heterocycles. The number of rotatable bonds is 3. The number of methoxy groups -OCH3 is 2. The maximum Gasteiger partial charge on any atom is 0.326 e. The Bertz CT molecular complexity index is 848. The van der Waals surface area contributed by atoms with E-state index in [2.05, 4.69) is 5.92 Å². The lowest BCUT2D eigenvalue weighted by Crippen LogP contribution is -2.43. The van der Waals surface area contributed by atoms with E-state index in [1.165, 1.54) is 14.2 Å². The van der Waals surface area contributed by atoms with Gasteiger partial charge in [0.05, 0.1) is 14.2 Å². The quantitative estimate of drug-likeness (QED) is 0.489. The molecule has 1 fully saturated rings. The molecule has 2 aromatic rings. The van der Waals surface area contributed by atoms with Gasteiger partial charge >= 0.3 is 11.9 Å². The second-order valence-electron chi connectivity index (χ2n) is 5.94. The highest BCUT2D eigenvalue weighted by molar-refractivity contribution is 6.01. The number of esters is 2. The van der Waals surface area contributed by atoms with Gasteiger partial charge in [-0.1, -0.05) is 42.3 Å². The van der Waals surface area contributed by atoms with Gasteiger partial charge in [0.25, 0.3) is 0 Å². The van der Waals surface area contributed by atoms with Crippen LogP contribution in [0.1, 0.15) is 18.1 Å². The molecule has 0 N–H and O–H groups in total. The number of hydrogen-bond acceptors (Lipinski definition) is 5. The smallest absolute Gasteiger partial charge is 0.326 e. The van der Waals surface area contributed by atoms with Crippen LogP contribution in [0.25, 0.3) is 10.8 Å². The van der Waals surface area contributed by atoms with Gasteiger partial charge in [0.1, 0.15) is 12.2 Å². The van der Waals surface area contributed by atoms with E-state index < -0.39 is 29.6 Å². The van der Waals surface area contributed by atoms with Crippen LogP contribution in [0.4, 0.5) is 0 Å². The van der Waals surface area contributed by atoms with Crippen molar-refractivity contribution >= 4 is 22.7 Å². The standard InChI is InChI=1S/C20H18O5/c1-4-16-12-20(18(21)23-2,19(22)24-3)17(25-16)15-10-9-13-7-5-6-8-14(13)11-15/h1,5-11,16-17H,12H2,2-3H3/t16-,17-/m0/s1. The Kier molecular flexibility index (Phi) is 4.47. The first-order valence-corrected chi connectivity index (χ1v) is 7.84. The first-order chi connectivity index (χ1) is 12.1. The summed E-state index contributed by atoms with van der Waals surface area (Å²) in [4.78, 5) is 25.1. The maximum atomic E-state index is 12.6. The molecule has 1 saturated heterocycles. The second kappa shape index (κ2) is 6.58. The highest BCUT2D eigenvalue weighted by Crippen LogP contribution is 2.50. The summed E-state index contributed by atoms with van der Waals surface area (Å²) in [6.45, 7) is 0. The molecule has 5 nitrogen and oxygen atoms in total. The molecule has 0 amide bonds. The summed E-state index contributed by atoms with van der Waals surface area (Å²) in [5, 5.41) is 2.01. The van der Waals surface area contributed by atoms with Crippen LogP contribution in [0.3, 0.4) is 0 Å². The topological polar surface area (TPSA) is 61.8 Å². The van der Waals surface area contributed by atoms with Crippen molar-refractivity contribution in [2.75, 3.05) is 14.2 Å². The van der Waals surface area contributed by atoms with Gasteiger partial charge in [0.2, 0.25) is 0 Å². The minimum Gasteiger partial charge on any atom is -0.468 e. The van der Waals surface area contributed by atoms with E-state index in [4.69, 9.17) is 20.6 Å². The predicted molar refractivity (Wildman–Crippen MR) is 91.5 cm³/mol. The van der Waals surface area contributed by atoms with Gasteiger partial charge < -0.3 is 14.2 Å². The highest BCUT2D eigenvalue weighted by atomic mass is 16.6. The van der Waals surface area contributed by atoms with Gasteiger partial charge in [-0.2, -0.15) is 0 Å². The lowest BCUT2D eigenvalue weighted by atomic mass is 9.76. The normalized spacial score (nSPS) is 21.5. The molecule has 2 atom stereocenters. The number of benzene rings is 2. The molecule has 0 bridgehead atoms. The molecule has 25 heavy (non-hydrogen) atoms. The largest absolute Gasteiger partial charge is 0.468 e. The van der Waals surface area contributed by atoms with Crippen molar-refractivity contribution in [1.29, 1.82) is 0 Å². The van der Waals surface area contributed by atoms with E-state index in [1.54, 1.807) is 0 Å². The third kappa shape index (κ3) is 2.65.